The van der Waals surface area contributed by atoms with Gasteiger partial charge in [-0.25, -0.2) is 0 Å². The van der Waals surface area contributed by atoms with E-state index in [-0.39, 0.29) is 0 Å². The molecule has 114 valence electrons. The van der Waals surface area contributed by atoms with Crippen LogP contribution in [-0.2, 0) is 6.42 Å². The molecule has 5 heteroatoms. The van der Waals surface area contributed by atoms with Crippen LogP contribution in [0.25, 0.3) is 0 Å². The second-order valence-corrected chi connectivity index (χ2v) is 6.76. The maximum absolute atomic E-state index is 5.92. The van der Waals surface area contributed by atoms with E-state index in [1.807, 2.05) is 0 Å². The van der Waals surface area contributed by atoms with Gasteiger partial charge in [0.05, 0.1) is 6.54 Å². The predicted octanol–water partition coefficient (Wildman–Crippen LogP) is 2.17. The van der Waals surface area contributed by atoms with E-state index in [2.05, 4.69) is 60.7 Å². The van der Waals surface area contributed by atoms with Crippen molar-refractivity contribution in [1.82, 2.24) is 10.2 Å². The SMILES string of the molecule is CC(C)CC(CN=C(N)NCCc1cccs1)N(C)C. The van der Waals surface area contributed by atoms with Gasteiger partial charge in [-0.05, 0) is 44.3 Å². The Hall–Kier alpha value is -1.07. The molecule has 20 heavy (non-hydrogen) atoms. The molecule has 0 saturated heterocycles. The van der Waals surface area contributed by atoms with Gasteiger partial charge in [-0.2, -0.15) is 0 Å². The number of thiophene rings is 1. The molecule has 0 amide bonds. The Labute approximate surface area is 127 Å². The molecule has 0 fully saturated rings. The number of hydrogen-bond donors (Lipinski definition) is 2. The average molecular weight is 296 g/mol. The van der Waals surface area contributed by atoms with Crippen LogP contribution < -0.4 is 11.1 Å². The number of aliphatic imine (C=N–C) groups is 1. The van der Waals surface area contributed by atoms with Gasteiger partial charge in [0.2, 0.25) is 0 Å². The summed E-state index contributed by atoms with van der Waals surface area (Å²) in [5.74, 6) is 1.22. The van der Waals surface area contributed by atoms with Crippen molar-refractivity contribution in [3.63, 3.8) is 0 Å². The number of hydrogen-bond acceptors (Lipinski definition) is 3. The minimum atomic E-state index is 0.452. The fourth-order valence-electron chi connectivity index (χ4n) is 2.02. The molecule has 0 bridgehead atoms. The van der Waals surface area contributed by atoms with E-state index in [9.17, 15) is 0 Å². The van der Waals surface area contributed by atoms with Crippen LogP contribution in [0.15, 0.2) is 22.5 Å². The van der Waals surface area contributed by atoms with Crippen LogP contribution in [0, 0.1) is 5.92 Å². The molecule has 0 aliphatic carbocycles. The number of likely N-dealkylation sites (N-methyl/N-ethyl adjacent to an activating group) is 1. The third kappa shape index (κ3) is 6.91. The van der Waals surface area contributed by atoms with Crippen LogP contribution >= 0.6 is 11.3 Å². The number of nitrogens with zero attached hydrogens (tertiary/aromatic N) is 2. The number of nitrogens with one attached hydrogen (secondary N) is 1. The summed E-state index contributed by atoms with van der Waals surface area (Å²) in [7, 11) is 4.20. The van der Waals surface area contributed by atoms with Gasteiger partial charge in [0.1, 0.15) is 0 Å². The van der Waals surface area contributed by atoms with Crippen LogP contribution in [0.5, 0.6) is 0 Å². The Morgan fingerprint density at radius 1 is 1.45 bits per heavy atom. The topological polar surface area (TPSA) is 53.6 Å². The summed E-state index contributed by atoms with van der Waals surface area (Å²) in [5.41, 5.74) is 5.92. The van der Waals surface area contributed by atoms with Crippen molar-refractivity contribution in [3.05, 3.63) is 22.4 Å². The van der Waals surface area contributed by atoms with E-state index in [1.165, 1.54) is 4.88 Å². The lowest BCUT2D eigenvalue weighted by molar-refractivity contribution is 0.261. The highest BCUT2D eigenvalue weighted by molar-refractivity contribution is 7.09. The van der Waals surface area contributed by atoms with Crippen LogP contribution in [0.2, 0.25) is 0 Å². The summed E-state index contributed by atoms with van der Waals surface area (Å²) < 4.78 is 0. The van der Waals surface area contributed by atoms with E-state index in [0.717, 1.165) is 25.9 Å². The van der Waals surface area contributed by atoms with Crippen molar-refractivity contribution in [2.24, 2.45) is 16.6 Å². The zero-order valence-electron chi connectivity index (χ0n) is 13.1. The first-order valence-corrected chi connectivity index (χ1v) is 8.09. The molecule has 3 N–H and O–H groups in total. The fraction of sp³-hybridized carbons (Fsp3) is 0.667. The fourth-order valence-corrected chi connectivity index (χ4v) is 2.73. The summed E-state index contributed by atoms with van der Waals surface area (Å²) in [4.78, 5) is 8.06. The molecule has 1 aromatic heterocycles. The quantitative estimate of drug-likeness (QED) is 0.571. The smallest absolute Gasteiger partial charge is 0.188 e. The van der Waals surface area contributed by atoms with E-state index < -0.39 is 0 Å². The third-order valence-corrected chi connectivity index (χ3v) is 4.14. The lowest BCUT2D eigenvalue weighted by Crippen LogP contribution is -2.37. The molecule has 0 aliphatic heterocycles. The molecule has 0 aliphatic rings. The largest absolute Gasteiger partial charge is 0.370 e. The Morgan fingerprint density at radius 2 is 2.20 bits per heavy atom. The molecule has 0 radical (unpaired) electrons. The van der Waals surface area contributed by atoms with Crippen molar-refractivity contribution in [3.8, 4) is 0 Å². The highest BCUT2D eigenvalue weighted by Gasteiger charge is 2.12. The molecule has 1 rings (SSSR count). The van der Waals surface area contributed by atoms with Crippen molar-refractivity contribution in [2.75, 3.05) is 27.2 Å². The molecule has 1 atom stereocenters. The third-order valence-electron chi connectivity index (χ3n) is 3.20. The lowest BCUT2D eigenvalue weighted by Gasteiger charge is -2.24. The Balaban J connectivity index is 2.31. The van der Waals surface area contributed by atoms with Crippen molar-refractivity contribution >= 4 is 17.3 Å². The molecule has 0 saturated carbocycles. The van der Waals surface area contributed by atoms with Gasteiger partial charge in [-0.1, -0.05) is 19.9 Å². The molecule has 1 aromatic rings. The first-order chi connectivity index (χ1) is 9.49. The van der Waals surface area contributed by atoms with Crippen molar-refractivity contribution in [2.45, 2.75) is 32.7 Å². The van der Waals surface area contributed by atoms with Gasteiger partial charge < -0.3 is 16.0 Å². The summed E-state index contributed by atoms with van der Waals surface area (Å²) >= 11 is 1.78. The van der Waals surface area contributed by atoms with Crippen molar-refractivity contribution < 1.29 is 0 Å². The summed E-state index contributed by atoms with van der Waals surface area (Å²) in [6.07, 6.45) is 2.13. The molecule has 4 nitrogen and oxygen atoms in total. The predicted molar refractivity (Wildman–Crippen MR) is 89.4 cm³/mol. The van der Waals surface area contributed by atoms with Gasteiger partial charge in [-0.15, -0.1) is 11.3 Å². The van der Waals surface area contributed by atoms with Crippen molar-refractivity contribution in [1.29, 1.82) is 0 Å². The van der Waals surface area contributed by atoms with Gasteiger partial charge in [-0.3, -0.25) is 4.99 Å². The standard InChI is InChI=1S/C15H28N4S/c1-12(2)10-13(19(3)4)11-18-15(16)17-8-7-14-6-5-9-20-14/h5-6,9,12-13H,7-8,10-11H2,1-4H3,(H3,16,17,18). The molecular weight excluding hydrogens is 268 g/mol. The molecular formula is C15H28N4S. The Bertz CT molecular complexity index is 385. The summed E-state index contributed by atoms with van der Waals surface area (Å²) in [6, 6.07) is 4.67. The van der Waals surface area contributed by atoms with E-state index in [4.69, 9.17) is 5.73 Å². The highest BCUT2D eigenvalue weighted by Crippen LogP contribution is 2.09. The van der Waals surface area contributed by atoms with Crippen LogP contribution in [-0.4, -0.2) is 44.1 Å². The molecule has 0 aromatic carbocycles. The maximum Gasteiger partial charge on any atom is 0.188 e. The van der Waals surface area contributed by atoms with E-state index in [1.54, 1.807) is 11.3 Å². The van der Waals surface area contributed by atoms with Gasteiger partial charge in [0.25, 0.3) is 0 Å². The Kier molecular flexibility index (Phi) is 7.62. The summed E-state index contributed by atoms with van der Waals surface area (Å²) in [6.45, 7) is 6.07. The second-order valence-electron chi connectivity index (χ2n) is 5.73. The normalized spacial score (nSPS) is 14.0. The van der Waals surface area contributed by atoms with Crippen LogP contribution in [0.4, 0.5) is 0 Å². The minimum Gasteiger partial charge on any atom is -0.370 e. The zero-order valence-corrected chi connectivity index (χ0v) is 13.9. The minimum absolute atomic E-state index is 0.452. The maximum atomic E-state index is 5.92. The average Bonchev–Trinajstić information content (AvgIpc) is 2.86. The number of guanidine groups is 1. The number of nitrogens with two attached hydrogens (primary N) is 1. The van der Waals surface area contributed by atoms with Crippen LogP contribution in [0.3, 0.4) is 0 Å². The van der Waals surface area contributed by atoms with Gasteiger partial charge >= 0.3 is 0 Å². The lowest BCUT2D eigenvalue weighted by atomic mass is 10.0. The second kappa shape index (κ2) is 8.97. The van der Waals surface area contributed by atoms with E-state index >= 15 is 0 Å². The number of rotatable bonds is 8. The molecule has 1 heterocycles. The molecule has 1 unspecified atom stereocenters. The van der Waals surface area contributed by atoms with E-state index in [0.29, 0.717) is 17.9 Å². The first-order valence-electron chi connectivity index (χ1n) is 7.21. The zero-order chi connectivity index (χ0) is 15.0. The van der Waals surface area contributed by atoms with Crippen LogP contribution in [0.1, 0.15) is 25.1 Å². The first kappa shape index (κ1) is 17.0. The summed E-state index contributed by atoms with van der Waals surface area (Å²) in [5, 5.41) is 5.28. The van der Waals surface area contributed by atoms with Gasteiger partial charge in [0.15, 0.2) is 5.96 Å². The molecule has 0 spiro atoms. The monoisotopic (exact) mass is 296 g/mol. The highest BCUT2D eigenvalue weighted by atomic mass is 32.1. The van der Waals surface area contributed by atoms with Gasteiger partial charge in [0, 0.05) is 17.5 Å². The Morgan fingerprint density at radius 3 is 2.75 bits per heavy atom.